The zero-order valence-electron chi connectivity index (χ0n) is 9.56. The van der Waals surface area contributed by atoms with Crippen molar-refractivity contribution >= 4 is 11.8 Å². The number of rotatable bonds is 6. The van der Waals surface area contributed by atoms with E-state index in [1.165, 1.54) is 6.20 Å². The summed E-state index contributed by atoms with van der Waals surface area (Å²) in [5, 5.41) is 8.68. The first-order valence-electron chi connectivity index (χ1n) is 5.27. The van der Waals surface area contributed by atoms with Gasteiger partial charge < -0.3 is 10.2 Å². The second-order valence-electron chi connectivity index (χ2n) is 3.15. The summed E-state index contributed by atoms with van der Waals surface area (Å²) in [4.78, 5) is 15.0. The van der Waals surface area contributed by atoms with E-state index in [0.29, 0.717) is 24.5 Å². The summed E-state index contributed by atoms with van der Waals surface area (Å²) in [5.74, 6) is 0.286. The Morgan fingerprint density at radius 3 is 3.18 bits per heavy atom. The average molecular weight is 234 g/mol. The van der Waals surface area contributed by atoms with E-state index in [1.807, 2.05) is 6.07 Å². The standard InChI is InChI=1S/C11H14N4O2/c1-2-17-11(16)4-6-14-15-10-7-9(8-12)3-5-13-10/h3,5,7,14H,2,4,6H2,1H3,(H,13,15). The van der Waals surface area contributed by atoms with Crippen LogP contribution in [0.1, 0.15) is 18.9 Å². The fourth-order valence-corrected chi connectivity index (χ4v) is 1.12. The SMILES string of the molecule is CCOC(=O)CCNNc1cc(C#N)ccn1. The van der Waals surface area contributed by atoms with Crippen LogP contribution in [0.25, 0.3) is 0 Å². The van der Waals surface area contributed by atoms with Crippen molar-refractivity contribution in [3.05, 3.63) is 23.9 Å². The topological polar surface area (TPSA) is 87.0 Å². The smallest absolute Gasteiger partial charge is 0.307 e. The molecule has 1 aromatic rings. The lowest BCUT2D eigenvalue weighted by Gasteiger charge is -2.07. The first-order chi connectivity index (χ1) is 8.26. The van der Waals surface area contributed by atoms with Gasteiger partial charge in [-0.3, -0.25) is 4.79 Å². The second kappa shape index (κ2) is 7.19. The van der Waals surface area contributed by atoms with Crippen molar-refractivity contribution in [2.45, 2.75) is 13.3 Å². The normalized spacial score (nSPS) is 9.41. The van der Waals surface area contributed by atoms with Gasteiger partial charge in [-0.25, -0.2) is 10.4 Å². The van der Waals surface area contributed by atoms with Crippen LogP contribution in [0.2, 0.25) is 0 Å². The molecule has 0 saturated heterocycles. The lowest BCUT2D eigenvalue weighted by Crippen LogP contribution is -2.25. The van der Waals surface area contributed by atoms with Crippen molar-refractivity contribution < 1.29 is 9.53 Å². The van der Waals surface area contributed by atoms with Crippen LogP contribution in [0.5, 0.6) is 0 Å². The number of nitrogens with one attached hydrogen (secondary N) is 2. The van der Waals surface area contributed by atoms with E-state index in [2.05, 4.69) is 15.8 Å². The molecular formula is C11H14N4O2. The number of hydrogen-bond donors (Lipinski definition) is 2. The molecule has 6 nitrogen and oxygen atoms in total. The number of esters is 1. The number of carbonyl (C=O) groups is 1. The van der Waals surface area contributed by atoms with Gasteiger partial charge in [0.2, 0.25) is 0 Å². The number of nitrogens with zero attached hydrogens (tertiary/aromatic N) is 2. The van der Waals surface area contributed by atoms with E-state index in [4.69, 9.17) is 10.00 Å². The van der Waals surface area contributed by atoms with Gasteiger partial charge in [0.1, 0.15) is 5.82 Å². The molecule has 0 radical (unpaired) electrons. The lowest BCUT2D eigenvalue weighted by molar-refractivity contribution is -0.142. The van der Waals surface area contributed by atoms with Crippen molar-refractivity contribution in [2.75, 3.05) is 18.6 Å². The predicted octanol–water partition coefficient (Wildman–Crippen LogP) is 0.823. The Bertz CT molecular complexity index is 414. The van der Waals surface area contributed by atoms with Crippen molar-refractivity contribution in [1.82, 2.24) is 10.4 Å². The van der Waals surface area contributed by atoms with Crippen molar-refractivity contribution in [3.63, 3.8) is 0 Å². The minimum Gasteiger partial charge on any atom is -0.466 e. The maximum Gasteiger partial charge on any atom is 0.307 e. The van der Waals surface area contributed by atoms with Gasteiger partial charge in [0, 0.05) is 12.7 Å². The number of aromatic nitrogens is 1. The Balaban J connectivity index is 2.27. The summed E-state index contributed by atoms with van der Waals surface area (Å²) in [6.45, 7) is 2.58. The van der Waals surface area contributed by atoms with Crippen LogP contribution < -0.4 is 10.9 Å². The highest BCUT2D eigenvalue weighted by Crippen LogP contribution is 2.03. The molecule has 0 bridgehead atoms. The van der Waals surface area contributed by atoms with Gasteiger partial charge in [0.05, 0.1) is 24.7 Å². The van der Waals surface area contributed by atoms with Gasteiger partial charge in [-0.1, -0.05) is 0 Å². The second-order valence-corrected chi connectivity index (χ2v) is 3.15. The van der Waals surface area contributed by atoms with Gasteiger partial charge in [-0.15, -0.1) is 0 Å². The predicted molar refractivity (Wildman–Crippen MR) is 61.8 cm³/mol. The first kappa shape index (κ1) is 12.9. The van der Waals surface area contributed by atoms with Crippen LogP contribution in [-0.2, 0) is 9.53 Å². The van der Waals surface area contributed by atoms with Crippen LogP contribution in [0.4, 0.5) is 5.82 Å². The van der Waals surface area contributed by atoms with E-state index >= 15 is 0 Å². The fourth-order valence-electron chi connectivity index (χ4n) is 1.12. The number of nitriles is 1. The van der Waals surface area contributed by atoms with Crippen LogP contribution in [0.3, 0.4) is 0 Å². The highest BCUT2D eigenvalue weighted by molar-refractivity contribution is 5.69. The quantitative estimate of drug-likeness (QED) is 0.430. The molecule has 0 aliphatic heterocycles. The Morgan fingerprint density at radius 2 is 2.47 bits per heavy atom. The van der Waals surface area contributed by atoms with Gasteiger partial charge >= 0.3 is 5.97 Å². The van der Waals surface area contributed by atoms with Crippen LogP contribution >= 0.6 is 0 Å². The zero-order valence-corrected chi connectivity index (χ0v) is 9.56. The molecule has 17 heavy (non-hydrogen) atoms. The molecule has 0 amide bonds. The highest BCUT2D eigenvalue weighted by atomic mass is 16.5. The van der Waals surface area contributed by atoms with E-state index in [-0.39, 0.29) is 12.4 Å². The van der Waals surface area contributed by atoms with Gasteiger partial charge in [-0.05, 0) is 19.1 Å². The minimum absolute atomic E-state index is 0.250. The third-order valence-electron chi connectivity index (χ3n) is 1.86. The molecule has 0 aliphatic carbocycles. The van der Waals surface area contributed by atoms with Gasteiger partial charge in [0.15, 0.2) is 0 Å². The third kappa shape index (κ3) is 4.95. The molecule has 2 N–H and O–H groups in total. The maximum atomic E-state index is 11.0. The maximum absolute atomic E-state index is 11.0. The van der Waals surface area contributed by atoms with E-state index in [1.54, 1.807) is 19.1 Å². The van der Waals surface area contributed by atoms with Crippen molar-refractivity contribution in [1.29, 1.82) is 5.26 Å². The number of ether oxygens (including phenoxy) is 1. The molecule has 1 heterocycles. The summed E-state index contributed by atoms with van der Waals surface area (Å²) < 4.78 is 4.77. The van der Waals surface area contributed by atoms with Gasteiger partial charge in [0.25, 0.3) is 0 Å². The molecule has 0 unspecified atom stereocenters. The Labute approximate surface area is 99.6 Å². The molecule has 0 saturated carbocycles. The number of hydrazine groups is 1. The minimum atomic E-state index is -0.250. The molecular weight excluding hydrogens is 220 g/mol. The summed E-state index contributed by atoms with van der Waals surface area (Å²) in [6.07, 6.45) is 1.81. The number of pyridine rings is 1. The van der Waals surface area contributed by atoms with Crippen LogP contribution in [0, 0.1) is 11.3 Å². The highest BCUT2D eigenvalue weighted by Gasteiger charge is 2.00. The zero-order chi connectivity index (χ0) is 12.5. The van der Waals surface area contributed by atoms with Gasteiger partial charge in [-0.2, -0.15) is 5.26 Å². The number of carbonyl (C=O) groups excluding carboxylic acids is 1. The largest absolute Gasteiger partial charge is 0.466 e. The Morgan fingerprint density at radius 1 is 1.65 bits per heavy atom. The molecule has 1 rings (SSSR count). The monoisotopic (exact) mass is 234 g/mol. The average Bonchev–Trinajstić information content (AvgIpc) is 2.35. The summed E-state index contributed by atoms with van der Waals surface area (Å²) in [5.41, 5.74) is 6.14. The number of anilines is 1. The Kier molecular flexibility index (Phi) is 5.47. The summed E-state index contributed by atoms with van der Waals surface area (Å²) in [6, 6.07) is 5.23. The molecule has 0 fully saturated rings. The van der Waals surface area contributed by atoms with Crippen LogP contribution in [0.15, 0.2) is 18.3 Å². The van der Waals surface area contributed by atoms with E-state index in [9.17, 15) is 4.79 Å². The summed E-state index contributed by atoms with van der Waals surface area (Å²) >= 11 is 0. The molecule has 6 heteroatoms. The van der Waals surface area contributed by atoms with Crippen LogP contribution in [-0.4, -0.2) is 24.1 Å². The fraction of sp³-hybridized carbons (Fsp3) is 0.364. The first-order valence-corrected chi connectivity index (χ1v) is 5.27. The lowest BCUT2D eigenvalue weighted by atomic mass is 10.3. The molecule has 0 aliphatic rings. The van der Waals surface area contributed by atoms with E-state index < -0.39 is 0 Å². The Hall–Kier alpha value is -2.13. The van der Waals surface area contributed by atoms with Crippen molar-refractivity contribution in [3.8, 4) is 6.07 Å². The molecule has 0 spiro atoms. The van der Waals surface area contributed by atoms with Crippen molar-refractivity contribution in [2.24, 2.45) is 0 Å². The molecule has 0 aromatic carbocycles. The van der Waals surface area contributed by atoms with E-state index in [0.717, 1.165) is 0 Å². The summed E-state index contributed by atoms with van der Waals surface area (Å²) in [7, 11) is 0. The third-order valence-corrected chi connectivity index (χ3v) is 1.86. The molecule has 0 atom stereocenters. The molecule has 1 aromatic heterocycles. The number of hydrogen-bond acceptors (Lipinski definition) is 6. The molecule has 90 valence electrons.